The number of benzene rings is 1. The van der Waals surface area contributed by atoms with E-state index in [2.05, 4.69) is 49.5 Å². The van der Waals surface area contributed by atoms with Crippen LogP contribution in [0.25, 0.3) is 0 Å². The lowest BCUT2D eigenvalue weighted by Crippen LogP contribution is -2.57. The number of phenolic OH excluding ortho intramolecular Hbond substituents is 1. The van der Waals surface area contributed by atoms with Crippen molar-refractivity contribution in [1.82, 2.24) is 31.9 Å². The zero-order valence-corrected chi connectivity index (χ0v) is 32.2. The van der Waals surface area contributed by atoms with Gasteiger partial charge in [-0.2, -0.15) is 12.6 Å². The molecule has 0 aliphatic heterocycles. The molecule has 0 aliphatic rings. The highest BCUT2D eigenvalue weighted by atomic mass is 32.1. The number of unbranched alkanes of at least 4 members (excludes halogenated alkanes) is 2. The Morgan fingerprint density at radius 2 is 1.16 bits per heavy atom. The Bertz CT molecular complexity index is 1460. The van der Waals surface area contributed by atoms with Crippen LogP contribution >= 0.6 is 12.6 Å². The topological polar surface area (TPSA) is 375 Å². The molecule has 0 bridgehead atoms. The molecule has 0 aliphatic carbocycles. The Morgan fingerprint density at radius 3 is 1.70 bits per heavy atom. The number of aliphatic carboxylic acids is 1. The number of rotatable bonds is 28. The van der Waals surface area contributed by atoms with Gasteiger partial charge in [-0.3, -0.25) is 33.8 Å². The first-order valence-corrected chi connectivity index (χ1v) is 18.8. The maximum Gasteiger partial charge on any atom is 0.326 e. The lowest BCUT2D eigenvalue weighted by molar-refractivity contribution is -0.142. The maximum absolute atomic E-state index is 13.4. The molecule has 6 amide bonds. The average molecular weight is 811 g/mol. The van der Waals surface area contributed by atoms with Gasteiger partial charge in [-0.1, -0.05) is 18.6 Å². The summed E-state index contributed by atoms with van der Waals surface area (Å²) < 4.78 is 0. The minimum atomic E-state index is -1.37. The van der Waals surface area contributed by atoms with Crippen molar-refractivity contribution in [3.8, 4) is 5.75 Å². The third kappa shape index (κ3) is 20.5. The van der Waals surface area contributed by atoms with Crippen molar-refractivity contribution in [1.29, 1.82) is 0 Å². The molecule has 56 heavy (non-hydrogen) atoms. The van der Waals surface area contributed by atoms with Crippen molar-refractivity contribution >= 4 is 60.0 Å². The summed E-state index contributed by atoms with van der Waals surface area (Å²) in [5, 5.41) is 33.9. The van der Waals surface area contributed by atoms with Gasteiger partial charge in [0.25, 0.3) is 0 Å². The van der Waals surface area contributed by atoms with Crippen LogP contribution in [0.4, 0.5) is 0 Å². The smallest absolute Gasteiger partial charge is 0.326 e. The molecule has 0 unspecified atom stereocenters. The second-order valence-electron chi connectivity index (χ2n) is 12.8. The average Bonchev–Trinajstić information content (AvgIpc) is 3.16. The van der Waals surface area contributed by atoms with E-state index in [1.165, 1.54) is 24.3 Å². The molecule has 1 aromatic rings. The quantitative estimate of drug-likeness (QED) is 0.0165. The number of carboxylic acids is 1. The maximum atomic E-state index is 13.4. The van der Waals surface area contributed by atoms with E-state index in [1.54, 1.807) is 0 Å². The fourth-order valence-electron chi connectivity index (χ4n) is 5.06. The minimum Gasteiger partial charge on any atom is -0.508 e. The molecule has 0 radical (unpaired) electrons. The van der Waals surface area contributed by atoms with Crippen LogP contribution in [0.2, 0.25) is 0 Å². The molecule has 0 saturated heterocycles. The lowest BCUT2D eigenvalue weighted by atomic mass is 10.1. The molecule has 22 heteroatoms. The highest BCUT2D eigenvalue weighted by Gasteiger charge is 2.29. The van der Waals surface area contributed by atoms with Crippen LogP contribution in [-0.2, 0) is 40.0 Å². The SMILES string of the molecule is NCCCC[C@H](NC(=O)CNC(=O)[C@H](CCCN=C(N)N)NC(=O)CNC(=O)[C@@H](N)CCCCN)C(=O)N[C@@H](CS)C(=O)N[C@@H](Cc1ccc(O)cc1)C(=O)O. The van der Waals surface area contributed by atoms with E-state index < -0.39 is 84.7 Å². The number of thiol groups is 1. The van der Waals surface area contributed by atoms with Crippen molar-refractivity contribution in [3.63, 3.8) is 0 Å². The first-order valence-electron chi connectivity index (χ1n) is 18.2. The summed E-state index contributed by atoms with van der Waals surface area (Å²) in [5.41, 5.74) is 28.2. The molecular weight excluding hydrogens is 753 g/mol. The Morgan fingerprint density at radius 1 is 0.661 bits per heavy atom. The molecule has 0 heterocycles. The summed E-state index contributed by atoms with van der Waals surface area (Å²) in [6.45, 7) is -0.184. The molecule has 18 N–H and O–H groups in total. The predicted octanol–water partition coefficient (Wildman–Crippen LogP) is -4.24. The van der Waals surface area contributed by atoms with Crippen LogP contribution in [0.1, 0.15) is 56.9 Å². The van der Waals surface area contributed by atoms with Crippen molar-refractivity contribution in [2.75, 3.05) is 38.5 Å². The molecule has 0 saturated carbocycles. The van der Waals surface area contributed by atoms with Gasteiger partial charge < -0.3 is 70.8 Å². The number of carbonyl (C=O) groups excluding carboxylic acids is 6. The number of nitrogens with one attached hydrogen (secondary N) is 6. The minimum absolute atomic E-state index is 0.0165. The Kier molecular flexibility index (Phi) is 23.9. The molecule has 0 fully saturated rings. The van der Waals surface area contributed by atoms with Crippen molar-refractivity contribution in [3.05, 3.63) is 29.8 Å². The first kappa shape index (κ1) is 48.8. The highest BCUT2D eigenvalue weighted by Crippen LogP contribution is 2.12. The number of hydrogen-bond donors (Lipinski definition) is 14. The lowest BCUT2D eigenvalue weighted by Gasteiger charge is -2.24. The van der Waals surface area contributed by atoms with Crippen LogP contribution in [0, 0.1) is 0 Å². The van der Waals surface area contributed by atoms with E-state index in [1.807, 2.05) is 0 Å². The van der Waals surface area contributed by atoms with Crippen LogP contribution in [0.15, 0.2) is 29.3 Å². The standard InChI is InChI=1S/C34H58N12O9S/c35-13-3-1-6-22(37)29(50)41-17-27(48)43-23(8-5-15-40-34(38)39)30(51)42-18-28(49)44-24(7-2-4-14-36)31(52)46-26(19-56)32(53)45-25(33(54)55)16-20-9-11-21(47)12-10-20/h9-12,22-26,47,56H,1-8,13-19,35-37H2,(H,41,50)(H,42,51)(H,43,48)(H,44,49)(H,45,53)(H,46,52)(H,54,55)(H4,38,39,40)/t22-,23-,24-,25-,26-/m0/s1. The summed E-state index contributed by atoms with van der Waals surface area (Å²) >= 11 is 4.14. The van der Waals surface area contributed by atoms with E-state index in [9.17, 15) is 43.8 Å². The summed E-state index contributed by atoms with van der Waals surface area (Å²) in [7, 11) is 0. The zero-order valence-electron chi connectivity index (χ0n) is 31.3. The van der Waals surface area contributed by atoms with Gasteiger partial charge in [-0.05, 0) is 75.7 Å². The Labute approximate surface area is 330 Å². The Hall–Kier alpha value is -5.19. The molecule has 5 atom stereocenters. The number of aliphatic imine (C=N–C) groups is 1. The molecule has 314 valence electrons. The number of guanidine groups is 1. The van der Waals surface area contributed by atoms with Gasteiger partial charge in [-0.15, -0.1) is 0 Å². The molecule has 0 aromatic heterocycles. The summed E-state index contributed by atoms with van der Waals surface area (Å²) in [6.07, 6.45) is 2.92. The molecule has 21 nitrogen and oxygen atoms in total. The molecule has 0 spiro atoms. The number of aromatic hydroxyl groups is 1. The molecular formula is C34H58N12O9S. The van der Waals surface area contributed by atoms with Crippen molar-refractivity contribution in [2.45, 2.75) is 88.0 Å². The summed E-state index contributed by atoms with van der Waals surface area (Å²) in [6, 6.07) is -0.103. The largest absolute Gasteiger partial charge is 0.508 e. The summed E-state index contributed by atoms with van der Waals surface area (Å²) in [4.78, 5) is 93.3. The number of carboxylic acid groups (broad SMARTS) is 1. The number of phenols is 1. The van der Waals surface area contributed by atoms with Gasteiger partial charge in [0.15, 0.2) is 5.96 Å². The fourth-order valence-corrected chi connectivity index (χ4v) is 5.32. The van der Waals surface area contributed by atoms with Gasteiger partial charge in [0.1, 0.15) is 29.9 Å². The summed E-state index contributed by atoms with van der Waals surface area (Å²) in [5.74, 6) is -6.12. The fraction of sp³-hybridized carbons (Fsp3) is 0.588. The van der Waals surface area contributed by atoms with Gasteiger partial charge >= 0.3 is 5.97 Å². The van der Waals surface area contributed by atoms with Crippen molar-refractivity contribution in [2.24, 2.45) is 33.7 Å². The van der Waals surface area contributed by atoms with Crippen LogP contribution in [-0.4, -0.2) is 126 Å². The Balaban J connectivity index is 2.92. The van der Waals surface area contributed by atoms with E-state index in [0.717, 1.165) is 0 Å². The third-order valence-electron chi connectivity index (χ3n) is 8.15. The highest BCUT2D eigenvalue weighted by molar-refractivity contribution is 7.80. The zero-order chi connectivity index (χ0) is 42.0. The number of amides is 6. The second-order valence-corrected chi connectivity index (χ2v) is 13.2. The van der Waals surface area contributed by atoms with Gasteiger partial charge in [-0.25, -0.2) is 4.79 Å². The van der Waals surface area contributed by atoms with Crippen molar-refractivity contribution < 1.29 is 43.8 Å². The van der Waals surface area contributed by atoms with Crippen LogP contribution in [0.5, 0.6) is 5.75 Å². The van der Waals surface area contributed by atoms with E-state index in [4.69, 9.17) is 28.7 Å². The van der Waals surface area contributed by atoms with Gasteiger partial charge in [0, 0.05) is 18.7 Å². The third-order valence-corrected chi connectivity index (χ3v) is 8.52. The number of nitrogens with two attached hydrogens (primary N) is 5. The van der Waals surface area contributed by atoms with E-state index in [-0.39, 0.29) is 49.7 Å². The van der Waals surface area contributed by atoms with Gasteiger partial charge in [0.2, 0.25) is 35.4 Å². The number of nitrogens with zero attached hydrogens (tertiary/aromatic N) is 1. The number of hydrogen-bond acceptors (Lipinski definition) is 13. The van der Waals surface area contributed by atoms with E-state index >= 15 is 0 Å². The normalized spacial score (nSPS) is 13.4. The predicted molar refractivity (Wildman–Crippen MR) is 211 cm³/mol. The molecule has 1 rings (SSSR count). The first-order chi connectivity index (χ1) is 26.6. The molecule has 1 aromatic carbocycles. The monoisotopic (exact) mass is 810 g/mol. The number of carbonyl (C=O) groups is 7. The van der Waals surface area contributed by atoms with Crippen LogP contribution < -0.4 is 60.6 Å². The second kappa shape index (κ2) is 27.4. The van der Waals surface area contributed by atoms with E-state index in [0.29, 0.717) is 50.8 Å². The van der Waals surface area contributed by atoms with Crippen LogP contribution in [0.3, 0.4) is 0 Å². The van der Waals surface area contributed by atoms with Gasteiger partial charge in [0.05, 0.1) is 19.1 Å².